The Morgan fingerprint density at radius 2 is 1.97 bits per heavy atom. The Kier molecular flexibility index (Phi) is 7.87. The molecule has 4 aromatic rings. The highest BCUT2D eigenvalue weighted by Crippen LogP contribution is 2.38. The maximum Gasteiger partial charge on any atom is 0.219 e. The standard InChI is InChI=1S/C26H25ClN6O2S2/c1-16-22(7-4-10-28-16)35-23-14-21(36-20-6-3-5-19(27)13-20)15-29-25(23)31-26-30-24(32-37-26)18-8-11-33(12-9-18)17(2)34/h3-7,10,13-15,18H,8-9,11-12H2,1-2H3,(H,29,30,31,32). The molecule has 1 aromatic carbocycles. The number of carbonyl (C=O) groups is 1. The smallest absolute Gasteiger partial charge is 0.219 e. The highest BCUT2D eigenvalue weighted by Gasteiger charge is 2.25. The van der Waals surface area contributed by atoms with Crippen LogP contribution in [0.15, 0.2) is 64.6 Å². The van der Waals surface area contributed by atoms with Gasteiger partial charge in [0.2, 0.25) is 11.0 Å². The van der Waals surface area contributed by atoms with Crippen LogP contribution in [0.1, 0.15) is 37.2 Å². The molecule has 0 bridgehead atoms. The van der Waals surface area contributed by atoms with E-state index in [1.165, 1.54) is 11.5 Å². The molecule has 0 atom stereocenters. The van der Waals surface area contributed by atoms with Gasteiger partial charge in [0.1, 0.15) is 11.6 Å². The average Bonchev–Trinajstić information content (AvgIpc) is 3.35. The number of carbonyl (C=O) groups excluding carboxylic acids is 1. The summed E-state index contributed by atoms with van der Waals surface area (Å²) in [4.78, 5) is 29.1. The van der Waals surface area contributed by atoms with E-state index in [1.54, 1.807) is 31.1 Å². The van der Waals surface area contributed by atoms with Crippen LogP contribution in [0.4, 0.5) is 10.9 Å². The molecule has 1 aliphatic rings. The van der Waals surface area contributed by atoms with Crippen LogP contribution in [0.5, 0.6) is 11.5 Å². The Morgan fingerprint density at radius 1 is 1.14 bits per heavy atom. The van der Waals surface area contributed by atoms with E-state index in [2.05, 4.69) is 19.7 Å². The molecule has 4 heterocycles. The Balaban J connectivity index is 1.37. The number of amides is 1. The van der Waals surface area contributed by atoms with Gasteiger partial charge in [-0.15, -0.1) is 0 Å². The summed E-state index contributed by atoms with van der Waals surface area (Å²) >= 11 is 9.00. The molecule has 0 radical (unpaired) electrons. The predicted octanol–water partition coefficient (Wildman–Crippen LogP) is 6.70. The number of hydrogen-bond acceptors (Lipinski definition) is 9. The van der Waals surface area contributed by atoms with Crippen LogP contribution < -0.4 is 10.1 Å². The van der Waals surface area contributed by atoms with Crippen molar-refractivity contribution in [3.05, 3.63) is 71.4 Å². The number of likely N-dealkylation sites (tertiary alicyclic amines) is 1. The third kappa shape index (κ3) is 6.38. The fraction of sp³-hybridized carbons (Fsp3) is 0.269. The second-order valence-electron chi connectivity index (χ2n) is 8.63. The highest BCUT2D eigenvalue weighted by molar-refractivity contribution is 7.99. The van der Waals surface area contributed by atoms with Crippen LogP contribution >= 0.6 is 34.9 Å². The van der Waals surface area contributed by atoms with E-state index in [-0.39, 0.29) is 11.8 Å². The molecule has 11 heteroatoms. The number of anilines is 2. The first-order valence-electron chi connectivity index (χ1n) is 11.8. The number of rotatable bonds is 7. The molecule has 5 rings (SSSR count). The number of ether oxygens (including phenoxy) is 1. The Labute approximate surface area is 228 Å². The van der Waals surface area contributed by atoms with Crippen LogP contribution in [0.3, 0.4) is 0 Å². The number of benzene rings is 1. The van der Waals surface area contributed by atoms with Crippen LogP contribution in [-0.2, 0) is 4.79 Å². The zero-order valence-corrected chi connectivity index (χ0v) is 22.7. The number of halogens is 1. The lowest BCUT2D eigenvalue weighted by molar-refractivity contribution is -0.129. The van der Waals surface area contributed by atoms with Crippen molar-refractivity contribution in [3.8, 4) is 11.5 Å². The molecular formula is C26H25ClN6O2S2. The SMILES string of the molecule is CC(=O)N1CCC(c2nsc(Nc3ncc(Sc4cccc(Cl)c4)cc3Oc3cccnc3C)n2)CC1. The summed E-state index contributed by atoms with van der Waals surface area (Å²) in [6, 6.07) is 13.3. The molecule has 190 valence electrons. The number of nitrogens with zero attached hydrogens (tertiary/aromatic N) is 5. The summed E-state index contributed by atoms with van der Waals surface area (Å²) in [6.07, 6.45) is 5.24. The highest BCUT2D eigenvalue weighted by atomic mass is 35.5. The van der Waals surface area contributed by atoms with Crippen LogP contribution in [0, 0.1) is 6.92 Å². The van der Waals surface area contributed by atoms with E-state index in [0.717, 1.165) is 47.2 Å². The van der Waals surface area contributed by atoms with Gasteiger partial charge in [-0.1, -0.05) is 29.4 Å². The average molecular weight is 553 g/mol. The molecule has 1 aliphatic heterocycles. The third-order valence-electron chi connectivity index (χ3n) is 6.01. The fourth-order valence-electron chi connectivity index (χ4n) is 4.02. The Hall–Kier alpha value is -3.21. The summed E-state index contributed by atoms with van der Waals surface area (Å²) in [5.41, 5.74) is 0.774. The summed E-state index contributed by atoms with van der Waals surface area (Å²) in [5.74, 6) is 2.89. The number of nitrogens with one attached hydrogen (secondary N) is 1. The van der Waals surface area contributed by atoms with E-state index >= 15 is 0 Å². The van der Waals surface area contributed by atoms with Gasteiger partial charge < -0.3 is 15.0 Å². The molecule has 0 unspecified atom stereocenters. The zero-order valence-electron chi connectivity index (χ0n) is 20.3. The molecular weight excluding hydrogens is 528 g/mol. The van der Waals surface area contributed by atoms with Crippen molar-refractivity contribution in [2.45, 2.75) is 42.4 Å². The quantitative estimate of drug-likeness (QED) is 0.270. The second kappa shape index (κ2) is 11.5. The van der Waals surface area contributed by atoms with Crippen molar-refractivity contribution in [2.24, 2.45) is 0 Å². The number of piperidine rings is 1. The van der Waals surface area contributed by atoms with Crippen molar-refractivity contribution in [3.63, 3.8) is 0 Å². The lowest BCUT2D eigenvalue weighted by Crippen LogP contribution is -2.36. The van der Waals surface area contributed by atoms with Crippen LogP contribution in [-0.4, -0.2) is 43.2 Å². The van der Waals surface area contributed by atoms with Crippen LogP contribution in [0.25, 0.3) is 0 Å². The van der Waals surface area contributed by atoms with Gasteiger partial charge in [-0.2, -0.15) is 4.37 Å². The maximum atomic E-state index is 11.6. The van der Waals surface area contributed by atoms with Gasteiger partial charge >= 0.3 is 0 Å². The molecule has 0 saturated carbocycles. The first-order valence-corrected chi connectivity index (χ1v) is 13.8. The number of aryl methyl sites for hydroxylation is 1. The maximum absolute atomic E-state index is 11.6. The first-order chi connectivity index (χ1) is 17.9. The minimum Gasteiger partial charge on any atom is -0.452 e. The van der Waals surface area contributed by atoms with E-state index in [0.29, 0.717) is 27.5 Å². The molecule has 37 heavy (non-hydrogen) atoms. The third-order valence-corrected chi connectivity index (χ3v) is 7.84. The zero-order chi connectivity index (χ0) is 25.8. The predicted molar refractivity (Wildman–Crippen MR) is 146 cm³/mol. The van der Waals surface area contributed by atoms with E-state index in [4.69, 9.17) is 21.3 Å². The number of pyridine rings is 2. The van der Waals surface area contributed by atoms with Gasteiger partial charge in [0.05, 0.1) is 5.69 Å². The summed E-state index contributed by atoms with van der Waals surface area (Å²) < 4.78 is 10.8. The molecule has 0 spiro atoms. The molecule has 1 saturated heterocycles. The number of hydrogen-bond donors (Lipinski definition) is 1. The van der Waals surface area contributed by atoms with Crippen molar-refractivity contribution >= 4 is 51.8 Å². The minimum atomic E-state index is 0.117. The van der Waals surface area contributed by atoms with Gasteiger partial charge in [-0.05, 0) is 50.1 Å². The van der Waals surface area contributed by atoms with Crippen LogP contribution in [0.2, 0.25) is 5.02 Å². The Bertz CT molecular complexity index is 1410. The lowest BCUT2D eigenvalue weighted by atomic mass is 9.96. The fourth-order valence-corrected chi connectivity index (χ4v) is 5.80. The Morgan fingerprint density at radius 3 is 2.73 bits per heavy atom. The molecule has 1 fully saturated rings. The number of aromatic nitrogens is 4. The first kappa shape index (κ1) is 25.4. The minimum absolute atomic E-state index is 0.117. The summed E-state index contributed by atoms with van der Waals surface area (Å²) in [6.45, 7) is 4.98. The molecule has 0 aliphatic carbocycles. The van der Waals surface area contributed by atoms with E-state index in [9.17, 15) is 4.79 Å². The topological polar surface area (TPSA) is 93.1 Å². The normalized spacial score (nSPS) is 14.0. The van der Waals surface area contributed by atoms with E-state index < -0.39 is 0 Å². The largest absolute Gasteiger partial charge is 0.452 e. The second-order valence-corrected chi connectivity index (χ2v) is 11.0. The van der Waals surface area contributed by atoms with Gasteiger partial charge in [0.25, 0.3) is 0 Å². The van der Waals surface area contributed by atoms with Crippen molar-refractivity contribution in [2.75, 3.05) is 18.4 Å². The van der Waals surface area contributed by atoms with Gasteiger partial charge in [0, 0.05) is 70.7 Å². The van der Waals surface area contributed by atoms with Gasteiger partial charge in [0.15, 0.2) is 11.6 Å². The van der Waals surface area contributed by atoms with Crippen molar-refractivity contribution in [1.29, 1.82) is 0 Å². The monoisotopic (exact) mass is 552 g/mol. The lowest BCUT2D eigenvalue weighted by Gasteiger charge is -2.29. The van der Waals surface area contributed by atoms with Crippen molar-refractivity contribution in [1.82, 2.24) is 24.2 Å². The van der Waals surface area contributed by atoms with Gasteiger partial charge in [-0.3, -0.25) is 9.78 Å². The van der Waals surface area contributed by atoms with Crippen molar-refractivity contribution < 1.29 is 9.53 Å². The summed E-state index contributed by atoms with van der Waals surface area (Å²) in [7, 11) is 0. The molecule has 3 aromatic heterocycles. The summed E-state index contributed by atoms with van der Waals surface area (Å²) in [5, 5.41) is 4.61. The molecule has 8 nitrogen and oxygen atoms in total. The molecule has 1 N–H and O–H groups in total. The molecule has 1 amide bonds. The van der Waals surface area contributed by atoms with Gasteiger partial charge in [-0.25, -0.2) is 9.97 Å². The van der Waals surface area contributed by atoms with E-state index in [1.807, 2.05) is 54.3 Å².